The number of oxime groups is 1. The molecule has 19 heavy (non-hydrogen) atoms. The van der Waals surface area contributed by atoms with Crippen molar-refractivity contribution in [3.63, 3.8) is 0 Å². The normalized spacial score (nSPS) is 21.5. The van der Waals surface area contributed by atoms with Gasteiger partial charge in [0.05, 0.1) is 5.92 Å². The molecule has 1 amide bonds. The molecule has 0 spiro atoms. The first kappa shape index (κ1) is 14.2. The molecule has 0 bridgehead atoms. The molecule has 0 aliphatic heterocycles. The van der Waals surface area contributed by atoms with Gasteiger partial charge in [-0.25, -0.2) is 0 Å². The molecular formula is C14H25N3O2. The first-order chi connectivity index (χ1) is 9.17. The van der Waals surface area contributed by atoms with Gasteiger partial charge >= 0.3 is 0 Å². The minimum absolute atomic E-state index is 0.0220. The van der Waals surface area contributed by atoms with Crippen molar-refractivity contribution in [3.05, 3.63) is 0 Å². The van der Waals surface area contributed by atoms with Crippen LogP contribution in [0.25, 0.3) is 0 Å². The van der Waals surface area contributed by atoms with Gasteiger partial charge in [-0.05, 0) is 49.9 Å². The molecule has 5 heteroatoms. The Balaban J connectivity index is 1.83. The van der Waals surface area contributed by atoms with Crippen molar-refractivity contribution in [1.29, 1.82) is 0 Å². The molecule has 0 radical (unpaired) electrons. The van der Waals surface area contributed by atoms with Gasteiger partial charge < -0.3 is 16.3 Å². The van der Waals surface area contributed by atoms with E-state index < -0.39 is 5.92 Å². The van der Waals surface area contributed by atoms with E-state index in [-0.39, 0.29) is 11.7 Å². The first-order valence-electron chi connectivity index (χ1n) is 7.42. The van der Waals surface area contributed by atoms with E-state index in [2.05, 4.69) is 10.5 Å². The van der Waals surface area contributed by atoms with Crippen LogP contribution in [0.5, 0.6) is 0 Å². The van der Waals surface area contributed by atoms with Gasteiger partial charge in [0, 0.05) is 6.54 Å². The van der Waals surface area contributed by atoms with E-state index in [0.717, 1.165) is 24.8 Å². The van der Waals surface area contributed by atoms with Crippen molar-refractivity contribution in [1.82, 2.24) is 5.32 Å². The summed E-state index contributed by atoms with van der Waals surface area (Å²) < 4.78 is 0. The van der Waals surface area contributed by atoms with Gasteiger partial charge in [0.2, 0.25) is 5.91 Å². The Morgan fingerprint density at radius 1 is 1.37 bits per heavy atom. The SMILES string of the molecule is CCCC(C(=O)NCC(C1CC1)C1CC1)C(N)=NO. The van der Waals surface area contributed by atoms with Crippen LogP contribution in [0.3, 0.4) is 0 Å². The summed E-state index contributed by atoms with van der Waals surface area (Å²) in [5.74, 6) is 1.73. The smallest absolute Gasteiger partial charge is 0.230 e. The Bertz CT molecular complexity index is 337. The average molecular weight is 267 g/mol. The zero-order valence-electron chi connectivity index (χ0n) is 11.6. The summed E-state index contributed by atoms with van der Waals surface area (Å²) in [5.41, 5.74) is 5.59. The number of amides is 1. The van der Waals surface area contributed by atoms with Gasteiger partial charge in [-0.1, -0.05) is 18.5 Å². The van der Waals surface area contributed by atoms with Crippen LogP contribution in [0.2, 0.25) is 0 Å². The fourth-order valence-corrected chi connectivity index (χ4v) is 2.88. The van der Waals surface area contributed by atoms with Crippen molar-refractivity contribution >= 4 is 11.7 Å². The molecule has 0 aromatic rings. The van der Waals surface area contributed by atoms with Crippen molar-refractivity contribution in [2.75, 3.05) is 6.54 Å². The van der Waals surface area contributed by atoms with Crippen LogP contribution < -0.4 is 11.1 Å². The zero-order chi connectivity index (χ0) is 13.8. The molecule has 4 N–H and O–H groups in total. The minimum atomic E-state index is -0.492. The summed E-state index contributed by atoms with van der Waals surface area (Å²) >= 11 is 0. The highest BCUT2D eigenvalue weighted by atomic mass is 16.4. The number of nitrogens with two attached hydrogens (primary N) is 1. The molecule has 2 aliphatic carbocycles. The highest BCUT2D eigenvalue weighted by Crippen LogP contribution is 2.48. The lowest BCUT2D eigenvalue weighted by molar-refractivity contribution is -0.123. The summed E-state index contributed by atoms with van der Waals surface area (Å²) in [4.78, 5) is 12.1. The zero-order valence-corrected chi connectivity index (χ0v) is 11.6. The molecule has 2 rings (SSSR count). The fraction of sp³-hybridized carbons (Fsp3) is 0.857. The van der Waals surface area contributed by atoms with Crippen LogP contribution in [-0.2, 0) is 4.79 Å². The van der Waals surface area contributed by atoms with E-state index in [4.69, 9.17) is 10.9 Å². The van der Waals surface area contributed by atoms with Crippen LogP contribution >= 0.6 is 0 Å². The predicted octanol–water partition coefficient (Wildman–Crippen LogP) is 1.70. The first-order valence-corrected chi connectivity index (χ1v) is 7.42. The van der Waals surface area contributed by atoms with E-state index >= 15 is 0 Å². The molecule has 0 heterocycles. The predicted molar refractivity (Wildman–Crippen MR) is 73.8 cm³/mol. The van der Waals surface area contributed by atoms with Gasteiger partial charge in [-0.2, -0.15) is 0 Å². The molecule has 108 valence electrons. The molecule has 2 aliphatic rings. The lowest BCUT2D eigenvalue weighted by atomic mass is 9.96. The molecule has 0 aromatic heterocycles. The number of carbonyl (C=O) groups excluding carboxylic acids is 1. The second kappa shape index (κ2) is 6.26. The Labute approximate surface area is 114 Å². The molecule has 1 unspecified atom stereocenters. The molecule has 0 aromatic carbocycles. The Morgan fingerprint density at radius 3 is 2.37 bits per heavy atom. The number of nitrogens with zero attached hydrogens (tertiary/aromatic N) is 1. The quantitative estimate of drug-likeness (QED) is 0.271. The van der Waals surface area contributed by atoms with Crippen LogP contribution in [0.1, 0.15) is 45.4 Å². The number of hydrogen-bond donors (Lipinski definition) is 3. The van der Waals surface area contributed by atoms with Gasteiger partial charge in [0.1, 0.15) is 0 Å². The molecule has 2 fully saturated rings. The Morgan fingerprint density at radius 2 is 1.95 bits per heavy atom. The topological polar surface area (TPSA) is 87.7 Å². The van der Waals surface area contributed by atoms with Gasteiger partial charge in [-0.15, -0.1) is 0 Å². The second-order valence-electron chi connectivity index (χ2n) is 5.95. The van der Waals surface area contributed by atoms with Crippen molar-refractivity contribution in [2.24, 2.45) is 34.6 Å². The third kappa shape index (κ3) is 3.85. The van der Waals surface area contributed by atoms with Gasteiger partial charge in [-0.3, -0.25) is 4.79 Å². The summed E-state index contributed by atoms with van der Waals surface area (Å²) in [7, 11) is 0. The van der Waals surface area contributed by atoms with E-state index in [1.54, 1.807) is 0 Å². The van der Waals surface area contributed by atoms with E-state index in [1.165, 1.54) is 25.7 Å². The number of hydrogen-bond acceptors (Lipinski definition) is 3. The maximum Gasteiger partial charge on any atom is 0.230 e. The molecule has 1 atom stereocenters. The third-order valence-corrected chi connectivity index (χ3v) is 4.33. The minimum Gasteiger partial charge on any atom is -0.409 e. The highest BCUT2D eigenvalue weighted by molar-refractivity contribution is 6.02. The van der Waals surface area contributed by atoms with E-state index in [9.17, 15) is 4.79 Å². The van der Waals surface area contributed by atoms with Crippen LogP contribution in [0.4, 0.5) is 0 Å². The largest absolute Gasteiger partial charge is 0.409 e. The van der Waals surface area contributed by atoms with E-state index in [1.807, 2.05) is 6.92 Å². The van der Waals surface area contributed by atoms with Crippen molar-refractivity contribution in [3.8, 4) is 0 Å². The Kier molecular flexibility index (Phi) is 4.66. The monoisotopic (exact) mass is 267 g/mol. The molecule has 0 saturated heterocycles. The average Bonchev–Trinajstić information content (AvgIpc) is 3.27. The maximum atomic E-state index is 12.1. The lowest BCUT2D eigenvalue weighted by Crippen LogP contribution is -2.41. The number of rotatable bonds is 8. The summed E-state index contributed by atoms with van der Waals surface area (Å²) in [5, 5.41) is 14.7. The molecule has 5 nitrogen and oxygen atoms in total. The van der Waals surface area contributed by atoms with Gasteiger partial charge in [0.15, 0.2) is 5.84 Å². The number of amidine groups is 1. The maximum absolute atomic E-state index is 12.1. The number of carbonyl (C=O) groups is 1. The summed E-state index contributed by atoms with van der Waals surface area (Å²) in [6, 6.07) is 0. The molecular weight excluding hydrogens is 242 g/mol. The third-order valence-electron chi connectivity index (χ3n) is 4.33. The standard InChI is InChI=1S/C14H25N3O2/c1-2-3-11(13(15)17-19)14(18)16-8-12(9-4-5-9)10-6-7-10/h9-12,19H,2-8H2,1H3,(H2,15,17)(H,16,18). The summed E-state index contributed by atoms with van der Waals surface area (Å²) in [6.45, 7) is 2.75. The van der Waals surface area contributed by atoms with E-state index in [0.29, 0.717) is 12.3 Å². The van der Waals surface area contributed by atoms with Crippen LogP contribution in [-0.4, -0.2) is 23.5 Å². The van der Waals surface area contributed by atoms with Crippen molar-refractivity contribution < 1.29 is 10.0 Å². The second-order valence-corrected chi connectivity index (χ2v) is 5.95. The van der Waals surface area contributed by atoms with Crippen LogP contribution in [0, 0.1) is 23.7 Å². The number of nitrogens with one attached hydrogen (secondary N) is 1. The lowest BCUT2D eigenvalue weighted by Gasteiger charge is -2.19. The summed E-state index contributed by atoms with van der Waals surface area (Å²) in [6.07, 6.45) is 6.72. The highest BCUT2D eigenvalue weighted by Gasteiger charge is 2.41. The van der Waals surface area contributed by atoms with Crippen molar-refractivity contribution in [2.45, 2.75) is 45.4 Å². The van der Waals surface area contributed by atoms with Crippen LogP contribution in [0.15, 0.2) is 5.16 Å². The fourth-order valence-electron chi connectivity index (χ4n) is 2.88. The molecule has 2 saturated carbocycles. The Hall–Kier alpha value is -1.26. The van der Waals surface area contributed by atoms with Gasteiger partial charge in [0.25, 0.3) is 0 Å².